The summed E-state index contributed by atoms with van der Waals surface area (Å²) in [4.78, 5) is 10.8. The van der Waals surface area contributed by atoms with Gasteiger partial charge in [0.1, 0.15) is 0 Å². The fraction of sp³-hybridized carbons (Fsp3) is 0.931. The fourth-order valence-electron chi connectivity index (χ4n) is 6.54. The van der Waals surface area contributed by atoms with Gasteiger partial charge in [-0.05, 0) is 16.5 Å². The van der Waals surface area contributed by atoms with E-state index in [1.807, 2.05) is 13.2 Å². The van der Waals surface area contributed by atoms with Crippen molar-refractivity contribution in [1.82, 2.24) is 0 Å². The standard InChI is InChI=1S/C21H48N2Si2.2C4H7O.2ClH.Ti/c1-16(2)24(17(3)4,18(5)6)22-14-13-15-23-25(19(7)8,20(9)10)21(11)12;2*1-2-4-5-3-1;;;/h16-21H,13-15H2,1-12H3;2*3H,1-2,4H2;2*1H;/q-2;2*-1;;;+6/p-2. The summed E-state index contributed by atoms with van der Waals surface area (Å²) in [6.07, 6.45) is 5.89. The molecule has 0 atom stereocenters. The predicted octanol–water partition coefficient (Wildman–Crippen LogP) is 11.8. The third kappa shape index (κ3) is 15.2. The van der Waals surface area contributed by atoms with Gasteiger partial charge in [0.05, 0.1) is 0 Å². The number of ether oxygens (including phenoxy) is 2. The van der Waals surface area contributed by atoms with Crippen LogP contribution >= 0.6 is 18.6 Å². The van der Waals surface area contributed by atoms with Crippen molar-refractivity contribution < 1.29 is 26.5 Å². The monoisotopic (exact) mass is 644 g/mol. The Bertz CT molecular complexity index is 432. The Morgan fingerprint density at radius 2 is 0.868 bits per heavy atom. The van der Waals surface area contributed by atoms with Crippen molar-refractivity contribution >= 4 is 35.1 Å². The van der Waals surface area contributed by atoms with Crippen LogP contribution in [0.1, 0.15) is 115 Å². The molecule has 0 aromatic heterocycles. The van der Waals surface area contributed by atoms with Gasteiger partial charge in [0.15, 0.2) is 0 Å². The van der Waals surface area contributed by atoms with E-state index in [4.69, 9.17) is 38.0 Å². The topological polar surface area (TPSA) is 46.7 Å². The molecule has 9 heteroatoms. The number of hydrogen-bond donors (Lipinski definition) is 0. The molecular formula is C29H62Cl2N2O2Si2Ti. The van der Waals surface area contributed by atoms with Crippen molar-refractivity contribution in [2.24, 2.45) is 0 Å². The minimum absolute atomic E-state index is 0.556. The van der Waals surface area contributed by atoms with Crippen molar-refractivity contribution in [1.29, 1.82) is 0 Å². The van der Waals surface area contributed by atoms with Gasteiger partial charge in [0.2, 0.25) is 0 Å². The first-order valence-electron chi connectivity index (χ1n) is 15.0. The number of nitrogens with zero attached hydrogens (tertiary/aromatic N) is 2. The molecule has 0 aromatic carbocycles. The molecule has 0 unspecified atom stereocenters. The summed E-state index contributed by atoms with van der Waals surface area (Å²) in [7, 11) is 6.59. The van der Waals surface area contributed by atoms with Crippen LogP contribution in [0.3, 0.4) is 0 Å². The van der Waals surface area contributed by atoms with Gasteiger partial charge in [-0.1, -0.05) is 136 Å². The first-order chi connectivity index (χ1) is 17.8. The van der Waals surface area contributed by atoms with E-state index in [1.165, 1.54) is 12.8 Å². The molecule has 38 heavy (non-hydrogen) atoms. The first kappa shape index (κ1) is 41.7. The zero-order valence-corrected chi connectivity index (χ0v) is 32.0. The van der Waals surface area contributed by atoms with E-state index in [0.717, 1.165) is 78.8 Å². The molecule has 2 aliphatic heterocycles. The normalized spacial score (nSPS) is 16.2. The quantitative estimate of drug-likeness (QED) is 0.120. The molecule has 0 aliphatic carbocycles. The molecule has 0 aromatic rings. The van der Waals surface area contributed by atoms with Crippen LogP contribution in [0.4, 0.5) is 0 Å². The molecule has 2 heterocycles. The second-order valence-electron chi connectivity index (χ2n) is 12.3. The Morgan fingerprint density at radius 3 is 1.00 bits per heavy atom. The zero-order chi connectivity index (χ0) is 29.8. The Morgan fingerprint density at radius 1 is 0.605 bits per heavy atom. The SMILES string of the molecule is CC(C)[Si]([N-]CCC[N-][Si](C(C)C)(C(C)C)C(C)C)(C(C)C)C(C)C.[CH-]1CCCO1.[CH-]1CCCO1.[Cl][Ti+4][Cl]. The maximum atomic E-state index is 5.40. The third-order valence-electron chi connectivity index (χ3n) is 8.04. The van der Waals surface area contributed by atoms with E-state index in [1.54, 1.807) is 0 Å². The van der Waals surface area contributed by atoms with Gasteiger partial charge in [0, 0.05) is 13.2 Å². The third-order valence-corrected chi connectivity index (χ3v) is 20.7. The molecule has 2 saturated heterocycles. The van der Waals surface area contributed by atoms with Gasteiger partial charge >= 0.3 is 35.6 Å². The molecule has 0 saturated carbocycles. The zero-order valence-electron chi connectivity index (χ0n) is 26.9. The van der Waals surface area contributed by atoms with Crippen molar-refractivity contribution in [2.75, 3.05) is 26.3 Å². The van der Waals surface area contributed by atoms with Crippen molar-refractivity contribution in [3.05, 3.63) is 23.2 Å². The molecule has 0 N–H and O–H groups in total. The van der Waals surface area contributed by atoms with Gasteiger partial charge in [-0.2, -0.15) is 25.9 Å². The molecule has 4 nitrogen and oxygen atoms in total. The molecule has 0 spiro atoms. The summed E-state index contributed by atoms with van der Waals surface area (Å²) < 4.78 is 9.64. The van der Waals surface area contributed by atoms with Gasteiger partial charge < -0.3 is 19.4 Å². The second-order valence-corrected chi connectivity index (χ2v) is 25.9. The van der Waals surface area contributed by atoms with E-state index in [2.05, 4.69) is 83.1 Å². The van der Waals surface area contributed by atoms with E-state index >= 15 is 0 Å². The van der Waals surface area contributed by atoms with Crippen LogP contribution in [0.5, 0.6) is 0 Å². The van der Waals surface area contributed by atoms with Crippen LogP contribution in [0, 0.1) is 13.2 Å². The first-order valence-corrected chi connectivity index (χ1v) is 23.6. The summed E-state index contributed by atoms with van der Waals surface area (Å²) in [5.74, 6) is 0. The average molecular weight is 646 g/mol. The number of hydrogen-bond acceptors (Lipinski definition) is 2. The van der Waals surface area contributed by atoms with Crippen LogP contribution in [-0.2, 0) is 26.5 Å². The average Bonchev–Trinajstić information content (AvgIpc) is 3.57. The maximum absolute atomic E-state index is 5.40. The second kappa shape index (κ2) is 24.1. The molecule has 2 fully saturated rings. The molecular weight excluding hydrogens is 583 g/mol. The van der Waals surface area contributed by atoms with Crippen LogP contribution in [0.25, 0.3) is 9.96 Å². The van der Waals surface area contributed by atoms with Crippen molar-refractivity contribution in [2.45, 2.75) is 148 Å². The van der Waals surface area contributed by atoms with Gasteiger partial charge in [-0.3, -0.25) is 0 Å². The van der Waals surface area contributed by atoms with Gasteiger partial charge in [-0.15, -0.1) is 0 Å². The fourth-order valence-corrected chi connectivity index (χ4v) is 17.8. The Balaban J connectivity index is 0. The van der Waals surface area contributed by atoms with E-state index in [-0.39, 0.29) is 0 Å². The Kier molecular flexibility index (Phi) is 26.4. The molecule has 0 radical (unpaired) electrons. The van der Waals surface area contributed by atoms with Crippen LogP contribution in [0.2, 0.25) is 33.2 Å². The summed E-state index contributed by atoms with van der Waals surface area (Å²) in [6.45, 7) is 36.4. The predicted molar refractivity (Wildman–Crippen MR) is 174 cm³/mol. The Hall–Kier alpha value is 1.57. The minimum atomic E-state index is -1.59. The summed E-state index contributed by atoms with van der Waals surface area (Å²) in [5, 5.41) is 0. The van der Waals surface area contributed by atoms with Crippen LogP contribution in [-0.4, -0.2) is 42.8 Å². The molecule has 2 aliphatic rings. The van der Waals surface area contributed by atoms with Crippen molar-refractivity contribution in [3.8, 4) is 0 Å². The molecule has 0 amide bonds. The van der Waals surface area contributed by atoms with Crippen LogP contribution < -0.4 is 0 Å². The Labute approximate surface area is 258 Å². The number of rotatable bonds is 12. The van der Waals surface area contributed by atoms with E-state index < -0.39 is 33.5 Å². The summed E-state index contributed by atoms with van der Waals surface area (Å²) in [5.41, 5.74) is 4.33. The van der Waals surface area contributed by atoms with Crippen molar-refractivity contribution in [3.63, 3.8) is 0 Å². The van der Waals surface area contributed by atoms with E-state index in [9.17, 15) is 0 Å². The van der Waals surface area contributed by atoms with E-state index in [0.29, 0.717) is 0 Å². The molecule has 2 rings (SSSR count). The molecule has 0 bridgehead atoms. The summed E-state index contributed by atoms with van der Waals surface area (Å²) in [6, 6.07) is 0. The molecule has 226 valence electrons. The summed E-state index contributed by atoms with van der Waals surface area (Å²) >= 11 is -0.556. The number of halogens is 2. The van der Waals surface area contributed by atoms with Crippen LogP contribution in [0.15, 0.2) is 0 Å². The van der Waals surface area contributed by atoms with Gasteiger partial charge in [-0.25, -0.2) is 13.2 Å². The van der Waals surface area contributed by atoms with Gasteiger partial charge in [0.25, 0.3) is 0 Å².